The van der Waals surface area contributed by atoms with E-state index in [9.17, 15) is 9.59 Å². The number of hydrogen-bond acceptors (Lipinski definition) is 5. The van der Waals surface area contributed by atoms with Gasteiger partial charge in [-0.1, -0.05) is 0 Å². The molecule has 0 aromatic heterocycles. The normalized spacial score (nSPS) is 8.75. The van der Waals surface area contributed by atoms with Gasteiger partial charge in [-0.15, -0.1) is 0 Å². The SMILES string of the molecule is COCC(=O)OCCCN=C=O. The predicted octanol–water partition coefficient (Wildman–Crippen LogP) is -0.0981. The second-order valence-electron chi connectivity index (χ2n) is 1.98. The Morgan fingerprint density at radius 3 is 2.92 bits per heavy atom. The molecule has 0 heterocycles. The van der Waals surface area contributed by atoms with E-state index in [0.717, 1.165) is 0 Å². The Morgan fingerprint density at radius 1 is 1.58 bits per heavy atom. The Balaban J connectivity index is 3.19. The number of carbonyl (C=O) groups is 1. The van der Waals surface area contributed by atoms with Crippen molar-refractivity contribution in [1.29, 1.82) is 0 Å². The fourth-order valence-electron chi connectivity index (χ4n) is 0.535. The van der Waals surface area contributed by atoms with Crippen LogP contribution in [0.3, 0.4) is 0 Å². The number of methoxy groups -OCH3 is 1. The highest BCUT2D eigenvalue weighted by Gasteiger charge is 1.99. The smallest absolute Gasteiger partial charge is 0.332 e. The van der Waals surface area contributed by atoms with Gasteiger partial charge in [0.2, 0.25) is 6.08 Å². The van der Waals surface area contributed by atoms with Gasteiger partial charge < -0.3 is 9.47 Å². The van der Waals surface area contributed by atoms with Crippen LogP contribution in [0.5, 0.6) is 0 Å². The first-order chi connectivity index (χ1) is 5.81. The zero-order valence-electron chi connectivity index (χ0n) is 6.91. The van der Waals surface area contributed by atoms with Crippen LogP contribution in [0.15, 0.2) is 4.99 Å². The highest BCUT2D eigenvalue weighted by Crippen LogP contribution is 1.85. The molecule has 5 heteroatoms. The predicted molar refractivity (Wildman–Crippen MR) is 40.4 cm³/mol. The first-order valence-corrected chi connectivity index (χ1v) is 3.49. The second kappa shape index (κ2) is 7.91. The van der Waals surface area contributed by atoms with E-state index in [-0.39, 0.29) is 13.2 Å². The Hall–Kier alpha value is -1.19. The summed E-state index contributed by atoms with van der Waals surface area (Å²) in [5.41, 5.74) is 0. The molecule has 68 valence electrons. The van der Waals surface area contributed by atoms with Crippen LogP contribution in [0, 0.1) is 0 Å². The third-order valence-electron chi connectivity index (χ3n) is 1.00. The number of nitrogens with zero attached hydrogens (tertiary/aromatic N) is 1. The molecule has 0 aliphatic carbocycles. The summed E-state index contributed by atoms with van der Waals surface area (Å²) < 4.78 is 9.20. The minimum atomic E-state index is -0.410. The van der Waals surface area contributed by atoms with Crippen molar-refractivity contribution < 1.29 is 19.1 Å². The third kappa shape index (κ3) is 6.92. The average molecular weight is 173 g/mol. The van der Waals surface area contributed by atoms with Crippen molar-refractivity contribution in [2.24, 2.45) is 4.99 Å². The molecule has 0 spiro atoms. The summed E-state index contributed by atoms with van der Waals surface area (Å²) in [6.45, 7) is 0.550. The van der Waals surface area contributed by atoms with Gasteiger partial charge in [0.15, 0.2) is 0 Å². The molecule has 0 fully saturated rings. The number of aliphatic imine (C=N–C) groups is 1. The molecule has 0 bridgehead atoms. The largest absolute Gasteiger partial charge is 0.464 e. The van der Waals surface area contributed by atoms with Crippen molar-refractivity contribution in [3.8, 4) is 0 Å². The highest BCUT2D eigenvalue weighted by atomic mass is 16.6. The zero-order chi connectivity index (χ0) is 9.23. The molecule has 0 radical (unpaired) electrons. The molecule has 0 aliphatic heterocycles. The van der Waals surface area contributed by atoms with Crippen LogP contribution >= 0.6 is 0 Å². The maximum Gasteiger partial charge on any atom is 0.332 e. The van der Waals surface area contributed by atoms with Gasteiger partial charge in [-0.2, -0.15) is 0 Å². The van der Waals surface area contributed by atoms with Crippen molar-refractivity contribution in [2.45, 2.75) is 6.42 Å². The van der Waals surface area contributed by atoms with Crippen LogP contribution in [-0.4, -0.2) is 38.9 Å². The lowest BCUT2D eigenvalue weighted by Crippen LogP contribution is -2.12. The summed E-state index contributed by atoms with van der Waals surface area (Å²) >= 11 is 0. The van der Waals surface area contributed by atoms with Crippen LogP contribution in [0.2, 0.25) is 0 Å². The molecule has 12 heavy (non-hydrogen) atoms. The molecule has 0 amide bonds. The summed E-state index contributed by atoms with van der Waals surface area (Å²) in [7, 11) is 1.41. The van der Waals surface area contributed by atoms with Gasteiger partial charge in [0.25, 0.3) is 0 Å². The van der Waals surface area contributed by atoms with Crippen molar-refractivity contribution in [2.75, 3.05) is 26.9 Å². The number of rotatable bonds is 6. The minimum absolute atomic E-state index is 0.0447. The Bertz CT molecular complexity index is 174. The summed E-state index contributed by atoms with van der Waals surface area (Å²) in [6.07, 6.45) is 1.92. The fraction of sp³-hybridized carbons (Fsp3) is 0.714. The van der Waals surface area contributed by atoms with Crippen molar-refractivity contribution in [1.82, 2.24) is 0 Å². The molecule has 0 aromatic rings. The zero-order valence-corrected chi connectivity index (χ0v) is 6.91. The summed E-state index contributed by atoms with van der Waals surface area (Å²) in [5, 5.41) is 0. The maximum absolute atomic E-state index is 10.6. The van der Waals surface area contributed by atoms with Gasteiger partial charge in [0.1, 0.15) is 6.61 Å². The van der Waals surface area contributed by atoms with E-state index in [0.29, 0.717) is 13.0 Å². The van der Waals surface area contributed by atoms with E-state index in [1.54, 1.807) is 0 Å². The van der Waals surface area contributed by atoms with E-state index in [1.165, 1.54) is 13.2 Å². The van der Waals surface area contributed by atoms with Gasteiger partial charge in [0, 0.05) is 13.5 Å². The molecular formula is C7H11NO4. The van der Waals surface area contributed by atoms with Crippen molar-refractivity contribution in [3.05, 3.63) is 0 Å². The van der Waals surface area contributed by atoms with Crippen molar-refractivity contribution >= 4 is 12.0 Å². The first-order valence-electron chi connectivity index (χ1n) is 3.49. The Labute approximate surface area is 70.4 Å². The van der Waals surface area contributed by atoms with E-state index < -0.39 is 5.97 Å². The van der Waals surface area contributed by atoms with Gasteiger partial charge in [-0.25, -0.2) is 14.6 Å². The van der Waals surface area contributed by atoms with E-state index >= 15 is 0 Å². The van der Waals surface area contributed by atoms with Crippen LogP contribution in [0.1, 0.15) is 6.42 Å². The molecule has 0 unspecified atom stereocenters. The maximum atomic E-state index is 10.6. The Kier molecular flexibility index (Phi) is 7.13. The molecule has 0 atom stereocenters. The van der Waals surface area contributed by atoms with Gasteiger partial charge in [0.05, 0.1) is 13.2 Å². The molecule has 0 saturated heterocycles. The van der Waals surface area contributed by atoms with E-state index in [2.05, 4.69) is 14.5 Å². The number of esters is 1. The van der Waals surface area contributed by atoms with E-state index in [4.69, 9.17) is 0 Å². The monoisotopic (exact) mass is 173 g/mol. The summed E-state index contributed by atoms with van der Waals surface area (Å²) in [6, 6.07) is 0. The van der Waals surface area contributed by atoms with Gasteiger partial charge in [-0.3, -0.25) is 0 Å². The van der Waals surface area contributed by atoms with Crippen LogP contribution < -0.4 is 0 Å². The quantitative estimate of drug-likeness (QED) is 0.243. The molecule has 0 aliphatic rings. The first kappa shape index (κ1) is 10.8. The summed E-state index contributed by atoms with van der Waals surface area (Å²) in [5.74, 6) is -0.410. The molecule has 0 N–H and O–H groups in total. The number of carbonyl (C=O) groups excluding carboxylic acids is 2. The highest BCUT2D eigenvalue weighted by molar-refractivity contribution is 5.70. The molecule has 0 aromatic carbocycles. The van der Waals surface area contributed by atoms with Crippen LogP contribution in [-0.2, 0) is 19.1 Å². The minimum Gasteiger partial charge on any atom is -0.464 e. The number of ether oxygens (including phenoxy) is 2. The molecule has 0 saturated carbocycles. The molecule has 0 rings (SSSR count). The van der Waals surface area contributed by atoms with Gasteiger partial charge >= 0.3 is 5.97 Å². The number of hydrogen-bond donors (Lipinski definition) is 0. The standard InChI is InChI=1S/C7H11NO4/c1-11-5-7(10)12-4-2-3-8-6-9/h2-5H2,1H3. The average Bonchev–Trinajstić information content (AvgIpc) is 2.05. The third-order valence-corrected chi connectivity index (χ3v) is 1.00. The lowest BCUT2D eigenvalue weighted by atomic mass is 10.5. The topological polar surface area (TPSA) is 65.0 Å². The lowest BCUT2D eigenvalue weighted by molar-refractivity contribution is -0.147. The summed E-state index contributed by atoms with van der Waals surface area (Å²) in [4.78, 5) is 23.5. The fourth-order valence-corrected chi connectivity index (χ4v) is 0.535. The molecular weight excluding hydrogens is 162 g/mol. The van der Waals surface area contributed by atoms with Crippen LogP contribution in [0.25, 0.3) is 0 Å². The molecule has 5 nitrogen and oxygen atoms in total. The lowest BCUT2D eigenvalue weighted by Gasteiger charge is -2.00. The van der Waals surface area contributed by atoms with Crippen LogP contribution in [0.4, 0.5) is 0 Å². The van der Waals surface area contributed by atoms with Crippen molar-refractivity contribution in [3.63, 3.8) is 0 Å². The van der Waals surface area contributed by atoms with E-state index in [1.807, 2.05) is 0 Å². The second-order valence-corrected chi connectivity index (χ2v) is 1.98. The number of isocyanates is 1. The Morgan fingerprint density at radius 2 is 2.33 bits per heavy atom. The van der Waals surface area contributed by atoms with Gasteiger partial charge in [-0.05, 0) is 0 Å².